The second-order valence-corrected chi connectivity index (χ2v) is 4.36. The van der Waals surface area contributed by atoms with E-state index in [9.17, 15) is 4.79 Å². The van der Waals surface area contributed by atoms with E-state index in [1.54, 1.807) is 0 Å². The number of anilines is 1. The van der Waals surface area contributed by atoms with Crippen LogP contribution in [0.2, 0.25) is 0 Å². The Balaban J connectivity index is 1.89. The van der Waals surface area contributed by atoms with E-state index in [0.717, 1.165) is 10.2 Å². The van der Waals surface area contributed by atoms with Gasteiger partial charge in [0.05, 0.1) is 13.1 Å². The lowest BCUT2D eigenvalue weighted by molar-refractivity contribution is 0.0890. The highest BCUT2D eigenvalue weighted by atomic mass is 79.9. The van der Waals surface area contributed by atoms with Gasteiger partial charge >= 0.3 is 6.09 Å². The third kappa shape index (κ3) is 2.41. The van der Waals surface area contributed by atoms with Crippen LogP contribution in [0.5, 0.6) is 0 Å². The van der Waals surface area contributed by atoms with Gasteiger partial charge in [0.1, 0.15) is 6.10 Å². The number of carbonyl (C=O) groups excluding carboxylic acids is 1. The van der Waals surface area contributed by atoms with E-state index in [1.807, 2.05) is 24.3 Å². The number of nitrogens with two attached hydrogens (primary N) is 1. The Labute approximate surface area is 96.1 Å². The molecule has 80 valence electrons. The molecule has 0 saturated carbocycles. The van der Waals surface area contributed by atoms with Crippen molar-refractivity contribution in [3.05, 3.63) is 28.7 Å². The van der Waals surface area contributed by atoms with Gasteiger partial charge in [0.15, 0.2) is 0 Å². The van der Waals surface area contributed by atoms with Crippen LogP contribution >= 0.6 is 15.9 Å². The maximum absolute atomic E-state index is 10.5. The Hall–Kier alpha value is -1.23. The quantitative estimate of drug-likeness (QED) is 0.891. The van der Waals surface area contributed by atoms with Crippen molar-refractivity contribution in [1.82, 2.24) is 0 Å². The van der Waals surface area contributed by atoms with Gasteiger partial charge in [-0.3, -0.25) is 0 Å². The van der Waals surface area contributed by atoms with E-state index < -0.39 is 6.09 Å². The maximum atomic E-state index is 10.5. The number of benzene rings is 1. The third-order valence-electron chi connectivity index (χ3n) is 2.32. The fraction of sp³-hybridized carbons (Fsp3) is 0.300. The molecule has 1 aromatic carbocycles. The molecule has 1 aromatic rings. The molecule has 0 spiro atoms. The van der Waals surface area contributed by atoms with Crippen molar-refractivity contribution in [2.45, 2.75) is 6.10 Å². The SMILES string of the molecule is NC(=O)OC1CN(c2ccc(Br)cc2)C1. The molecule has 1 amide bonds. The predicted octanol–water partition coefficient (Wildman–Crippen LogP) is 1.73. The van der Waals surface area contributed by atoms with Crippen LogP contribution < -0.4 is 10.6 Å². The summed E-state index contributed by atoms with van der Waals surface area (Å²) in [5.74, 6) is 0. The zero-order valence-corrected chi connectivity index (χ0v) is 9.61. The summed E-state index contributed by atoms with van der Waals surface area (Å²) in [6, 6.07) is 8.00. The lowest BCUT2D eigenvalue weighted by Crippen LogP contribution is -2.53. The lowest BCUT2D eigenvalue weighted by atomic mass is 10.1. The zero-order chi connectivity index (χ0) is 10.8. The van der Waals surface area contributed by atoms with E-state index in [-0.39, 0.29) is 6.10 Å². The topological polar surface area (TPSA) is 55.6 Å². The molecule has 0 unspecified atom stereocenters. The minimum atomic E-state index is -0.699. The van der Waals surface area contributed by atoms with Crippen LogP contribution in [0.1, 0.15) is 0 Å². The van der Waals surface area contributed by atoms with Gasteiger partial charge in [0.2, 0.25) is 0 Å². The number of hydrogen-bond donors (Lipinski definition) is 1. The van der Waals surface area contributed by atoms with Gasteiger partial charge in [-0.05, 0) is 24.3 Å². The molecule has 0 aliphatic carbocycles. The van der Waals surface area contributed by atoms with E-state index in [4.69, 9.17) is 10.5 Å². The summed E-state index contributed by atoms with van der Waals surface area (Å²) in [5, 5.41) is 0. The molecule has 15 heavy (non-hydrogen) atoms. The van der Waals surface area contributed by atoms with Crippen LogP contribution in [0.15, 0.2) is 28.7 Å². The van der Waals surface area contributed by atoms with Gasteiger partial charge in [0.25, 0.3) is 0 Å². The zero-order valence-electron chi connectivity index (χ0n) is 8.02. The molecule has 2 N–H and O–H groups in total. The summed E-state index contributed by atoms with van der Waals surface area (Å²) in [5.41, 5.74) is 6.05. The highest BCUT2D eigenvalue weighted by Crippen LogP contribution is 2.24. The highest BCUT2D eigenvalue weighted by Gasteiger charge is 2.29. The van der Waals surface area contributed by atoms with E-state index in [1.165, 1.54) is 0 Å². The molecule has 1 saturated heterocycles. The first-order valence-corrected chi connectivity index (χ1v) is 5.41. The van der Waals surface area contributed by atoms with Crippen molar-refractivity contribution < 1.29 is 9.53 Å². The van der Waals surface area contributed by atoms with E-state index in [2.05, 4.69) is 20.8 Å². The van der Waals surface area contributed by atoms with Crippen molar-refractivity contribution in [1.29, 1.82) is 0 Å². The number of hydrogen-bond acceptors (Lipinski definition) is 3. The molecule has 0 bridgehead atoms. The van der Waals surface area contributed by atoms with Gasteiger partial charge in [-0.1, -0.05) is 15.9 Å². The molecule has 1 heterocycles. The Kier molecular flexibility index (Phi) is 2.81. The molecule has 5 heteroatoms. The maximum Gasteiger partial charge on any atom is 0.404 e. The number of primary amides is 1. The number of halogens is 1. The predicted molar refractivity (Wildman–Crippen MR) is 60.8 cm³/mol. The van der Waals surface area contributed by atoms with E-state index >= 15 is 0 Å². The monoisotopic (exact) mass is 270 g/mol. The molecular weight excluding hydrogens is 260 g/mol. The van der Waals surface area contributed by atoms with Gasteiger partial charge in [-0.25, -0.2) is 4.79 Å². The summed E-state index contributed by atoms with van der Waals surface area (Å²) in [6.07, 6.45) is -0.762. The number of ether oxygens (including phenoxy) is 1. The molecule has 0 aromatic heterocycles. The second kappa shape index (κ2) is 4.10. The molecule has 1 fully saturated rings. The van der Waals surface area contributed by atoms with Crippen molar-refractivity contribution >= 4 is 27.7 Å². The Bertz CT molecular complexity index is 360. The highest BCUT2D eigenvalue weighted by molar-refractivity contribution is 9.10. The number of carbonyl (C=O) groups is 1. The first kappa shape index (κ1) is 10.3. The number of nitrogens with zero attached hydrogens (tertiary/aromatic N) is 1. The van der Waals surface area contributed by atoms with Crippen molar-refractivity contribution in [3.8, 4) is 0 Å². The normalized spacial score (nSPS) is 15.9. The van der Waals surface area contributed by atoms with E-state index in [0.29, 0.717) is 13.1 Å². The molecule has 0 atom stereocenters. The fourth-order valence-electron chi connectivity index (χ4n) is 1.54. The van der Waals surface area contributed by atoms with Crippen LogP contribution in [-0.2, 0) is 4.74 Å². The summed E-state index contributed by atoms with van der Waals surface area (Å²) >= 11 is 3.37. The number of amides is 1. The van der Waals surface area contributed by atoms with Gasteiger partial charge < -0.3 is 15.4 Å². The van der Waals surface area contributed by atoms with Crippen molar-refractivity contribution in [2.24, 2.45) is 5.73 Å². The van der Waals surface area contributed by atoms with Crippen LogP contribution in [0, 0.1) is 0 Å². The van der Waals surface area contributed by atoms with Gasteiger partial charge in [-0.15, -0.1) is 0 Å². The van der Waals surface area contributed by atoms with Crippen LogP contribution in [-0.4, -0.2) is 25.3 Å². The Morgan fingerprint density at radius 1 is 1.40 bits per heavy atom. The van der Waals surface area contributed by atoms with Crippen molar-refractivity contribution in [3.63, 3.8) is 0 Å². The Morgan fingerprint density at radius 2 is 2.00 bits per heavy atom. The summed E-state index contributed by atoms with van der Waals surface area (Å²) in [7, 11) is 0. The molecule has 0 radical (unpaired) electrons. The van der Waals surface area contributed by atoms with Crippen molar-refractivity contribution in [2.75, 3.05) is 18.0 Å². The summed E-state index contributed by atoms with van der Waals surface area (Å²) in [6.45, 7) is 1.43. The third-order valence-corrected chi connectivity index (χ3v) is 2.85. The van der Waals surface area contributed by atoms with Gasteiger partial charge in [-0.2, -0.15) is 0 Å². The average molecular weight is 271 g/mol. The Morgan fingerprint density at radius 3 is 2.53 bits per heavy atom. The first-order valence-electron chi connectivity index (χ1n) is 4.62. The fourth-order valence-corrected chi connectivity index (χ4v) is 1.80. The molecule has 4 nitrogen and oxygen atoms in total. The average Bonchev–Trinajstić information content (AvgIpc) is 2.12. The van der Waals surface area contributed by atoms with Gasteiger partial charge in [0, 0.05) is 10.2 Å². The lowest BCUT2D eigenvalue weighted by Gasteiger charge is -2.39. The smallest absolute Gasteiger partial charge is 0.404 e. The minimum absolute atomic E-state index is 0.0638. The standard InChI is InChI=1S/C10H11BrN2O2/c11-7-1-3-8(4-2-7)13-5-9(6-13)15-10(12)14/h1-4,9H,5-6H2,(H2,12,14). The van der Waals surface area contributed by atoms with Crippen LogP contribution in [0.3, 0.4) is 0 Å². The molecule has 1 aliphatic heterocycles. The van der Waals surface area contributed by atoms with Crippen LogP contribution in [0.4, 0.5) is 10.5 Å². The van der Waals surface area contributed by atoms with Crippen LogP contribution in [0.25, 0.3) is 0 Å². The molecule has 2 rings (SSSR count). The minimum Gasteiger partial charge on any atom is -0.443 e. The molecular formula is C10H11BrN2O2. The summed E-state index contributed by atoms with van der Waals surface area (Å²) in [4.78, 5) is 12.6. The first-order chi connectivity index (χ1) is 7.15. The molecule has 1 aliphatic rings. The second-order valence-electron chi connectivity index (χ2n) is 3.44. The summed E-state index contributed by atoms with van der Waals surface area (Å²) < 4.78 is 5.90. The number of rotatable bonds is 2. The largest absolute Gasteiger partial charge is 0.443 e.